The number of nitrogens with two attached hydrogens (primary N) is 2. The Hall–Kier alpha value is -2.03. The molecule has 29 heavy (non-hydrogen) atoms. The standard InChI is InChI=1S/C15H27N5O7S2/c1-29-3-2-8(15(26)27)18-13(24)9(4-11(17)22)19-14(25)10(6-28)20-12(23)7(16)5-21/h7-10,21,28H,2-6,16H2,1H3,(H2,17,22)(H,18,24)(H,19,25)(H,20,23)(H,26,27). The Labute approximate surface area is 177 Å². The molecule has 9 N–H and O–H groups in total. The molecule has 0 aliphatic carbocycles. The molecule has 0 saturated heterocycles. The summed E-state index contributed by atoms with van der Waals surface area (Å²) in [4.78, 5) is 59.1. The second-order valence-electron chi connectivity index (χ2n) is 5.95. The van der Waals surface area contributed by atoms with Crippen molar-refractivity contribution in [1.29, 1.82) is 0 Å². The molecule has 4 atom stereocenters. The van der Waals surface area contributed by atoms with Crippen molar-refractivity contribution in [1.82, 2.24) is 16.0 Å². The van der Waals surface area contributed by atoms with Crippen molar-refractivity contribution in [3.05, 3.63) is 0 Å². The van der Waals surface area contributed by atoms with E-state index in [-0.39, 0.29) is 12.2 Å². The molecule has 0 saturated carbocycles. The van der Waals surface area contributed by atoms with Gasteiger partial charge in [-0.1, -0.05) is 0 Å². The topological polar surface area (TPSA) is 214 Å². The van der Waals surface area contributed by atoms with Crippen molar-refractivity contribution in [2.24, 2.45) is 11.5 Å². The summed E-state index contributed by atoms with van der Waals surface area (Å²) in [6.07, 6.45) is 1.31. The maximum Gasteiger partial charge on any atom is 0.326 e. The number of primary amides is 1. The third-order valence-corrected chi connectivity index (χ3v) is 4.62. The molecule has 12 nitrogen and oxygen atoms in total. The van der Waals surface area contributed by atoms with Crippen LogP contribution in [-0.4, -0.2) is 88.3 Å². The van der Waals surface area contributed by atoms with Gasteiger partial charge in [-0.25, -0.2) is 4.79 Å². The van der Waals surface area contributed by atoms with Crippen molar-refractivity contribution < 1.29 is 34.2 Å². The second kappa shape index (κ2) is 14.0. The number of thioether (sulfide) groups is 1. The van der Waals surface area contributed by atoms with Crippen LogP contribution in [0, 0.1) is 0 Å². The highest BCUT2D eigenvalue weighted by molar-refractivity contribution is 7.98. The summed E-state index contributed by atoms with van der Waals surface area (Å²) in [6, 6.07) is -5.16. The molecule has 0 aromatic rings. The van der Waals surface area contributed by atoms with Crippen LogP contribution >= 0.6 is 24.4 Å². The van der Waals surface area contributed by atoms with E-state index >= 15 is 0 Å². The molecule has 0 rings (SSSR count). The minimum absolute atomic E-state index is 0.133. The minimum Gasteiger partial charge on any atom is -0.480 e. The average Bonchev–Trinajstić information content (AvgIpc) is 2.66. The average molecular weight is 454 g/mol. The van der Waals surface area contributed by atoms with Crippen molar-refractivity contribution in [2.75, 3.05) is 24.4 Å². The van der Waals surface area contributed by atoms with E-state index in [0.717, 1.165) is 0 Å². The predicted molar refractivity (Wildman–Crippen MR) is 109 cm³/mol. The van der Waals surface area contributed by atoms with E-state index in [1.165, 1.54) is 11.8 Å². The van der Waals surface area contributed by atoms with Gasteiger partial charge in [-0.15, -0.1) is 0 Å². The Balaban J connectivity index is 5.22. The van der Waals surface area contributed by atoms with Crippen LogP contribution in [0.25, 0.3) is 0 Å². The van der Waals surface area contributed by atoms with Crippen molar-refractivity contribution in [2.45, 2.75) is 37.0 Å². The van der Waals surface area contributed by atoms with Crippen LogP contribution in [0.4, 0.5) is 0 Å². The number of hydrogen-bond donors (Lipinski definition) is 8. The summed E-state index contributed by atoms with van der Waals surface area (Å²) in [7, 11) is 0. The number of carbonyl (C=O) groups excluding carboxylic acids is 4. The molecule has 0 heterocycles. The summed E-state index contributed by atoms with van der Waals surface area (Å²) in [5.41, 5.74) is 10.5. The number of carboxylic acid groups (broad SMARTS) is 1. The lowest BCUT2D eigenvalue weighted by atomic mass is 10.1. The molecule has 14 heteroatoms. The number of carbonyl (C=O) groups is 5. The van der Waals surface area contributed by atoms with Crippen LogP contribution < -0.4 is 27.4 Å². The van der Waals surface area contributed by atoms with Gasteiger partial charge in [0.05, 0.1) is 13.0 Å². The smallest absolute Gasteiger partial charge is 0.326 e. The molecule has 0 aromatic heterocycles. The summed E-state index contributed by atoms with van der Waals surface area (Å²) in [6.45, 7) is -0.647. The Morgan fingerprint density at radius 3 is 1.97 bits per heavy atom. The van der Waals surface area contributed by atoms with Crippen LogP contribution in [0.15, 0.2) is 0 Å². The number of hydrogen-bond acceptors (Lipinski definition) is 9. The molecule has 0 spiro atoms. The monoisotopic (exact) mass is 453 g/mol. The number of amides is 4. The van der Waals surface area contributed by atoms with Crippen LogP contribution in [0.3, 0.4) is 0 Å². The van der Waals surface area contributed by atoms with Crippen LogP contribution in [-0.2, 0) is 24.0 Å². The van der Waals surface area contributed by atoms with E-state index in [2.05, 4.69) is 28.6 Å². The number of aliphatic hydroxyl groups excluding tert-OH is 1. The Morgan fingerprint density at radius 2 is 1.52 bits per heavy atom. The van der Waals surface area contributed by atoms with Gasteiger partial charge in [0.1, 0.15) is 24.2 Å². The largest absolute Gasteiger partial charge is 0.480 e. The number of aliphatic hydroxyl groups is 1. The lowest BCUT2D eigenvalue weighted by Gasteiger charge is -2.23. The quantitative estimate of drug-likeness (QED) is 0.122. The normalized spacial score (nSPS) is 14.8. The first-order valence-corrected chi connectivity index (χ1v) is 10.5. The van der Waals surface area contributed by atoms with Gasteiger partial charge in [0.2, 0.25) is 23.6 Å². The van der Waals surface area contributed by atoms with Gasteiger partial charge in [0, 0.05) is 5.75 Å². The molecular weight excluding hydrogens is 426 g/mol. The first-order valence-electron chi connectivity index (χ1n) is 8.45. The fourth-order valence-corrected chi connectivity index (χ4v) is 2.73. The molecule has 4 amide bonds. The number of rotatable bonds is 14. The first kappa shape index (κ1) is 27.0. The fourth-order valence-electron chi connectivity index (χ4n) is 2.00. The van der Waals surface area contributed by atoms with E-state index in [4.69, 9.17) is 16.6 Å². The SMILES string of the molecule is CSCCC(NC(=O)C(CC(N)=O)NC(=O)C(CS)NC(=O)C(N)CO)C(=O)O. The number of aliphatic carboxylic acids is 1. The lowest BCUT2D eigenvalue weighted by Crippen LogP contribution is -2.58. The number of nitrogens with one attached hydrogen (secondary N) is 3. The molecule has 0 aromatic carbocycles. The summed E-state index contributed by atoms with van der Waals surface area (Å²) < 4.78 is 0. The Bertz CT molecular complexity index is 608. The Kier molecular flexibility index (Phi) is 13.0. The number of carboxylic acids is 1. The lowest BCUT2D eigenvalue weighted by molar-refractivity contribution is -0.142. The zero-order chi connectivity index (χ0) is 22.6. The van der Waals surface area contributed by atoms with Gasteiger partial charge in [0.25, 0.3) is 0 Å². The van der Waals surface area contributed by atoms with Crippen LogP contribution in [0.1, 0.15) is 12.8 Å². The maximum atomic E-state index is 12.4. The zero-order valence-corrected chi connectivity index (χ0v) is 17.5. The molecule has 0 radical (unpaired) electrons. The maximum absolute atomic E-state index is 12.4. The minimum atomic E-state index is -1.46. The van der Waals surface area contributed by atoms with Gasteiger partial charge >= 0.3 is 5.97 Å². The van der Waals surface area contributed by atoms with E-state index in [1.807, 2.05) is 0 Å². The van der Waals surface area contributed by atoms with E-state index in [1.54, 1.807) is 6.26 Å². The Morgan fingerprint density at radius 1 is 1.00 bits per heavy atom. The van der Waals surface area contributed by atoms with Gasteiger partial charge in [-0.05, 0) is 18.4 Å². The van der Waals surface area contributed by atoms with Crippen LogP contribution in [0.2, 0.25) is 0 Å². The first-order chi connectivity index (χ1) is 13.6. The third-order valence-electron chi connectivity index (χ3n) is 3.61. The van der Waals surface area contributed by atoms with Crippen molar-refractivity contribution in [3.63, 3.8) is 0 Å². The number of thiol groups is 1. The van der Waals surface area contributed by atoms with E-state index < -0.39 is 66.8 Å². The van der Waals surface area contributed by atoms with Gasteiger partial charge in [0.15, 0.2) is 0 Å². The predicted octanol–water partition coefficient (Wildman–Crippen LogP) is -3.60. The van der Waals surface area contributed by atoms with Crippen LogP contribution in [0.5, 0.6) is 0 Å². The molecule has 0 bridgehead atoms. The fraction of sp³-hybridized carbons (Fsp3) is 0.667. The van der Waals surface area contributed by atoms with Gasteiger partial charge < -0.3 is 37.6 Å². The molecular formula is C15H27N5O7S2. The highest BCUT2D eigenvalue weighted by atomic mass is 32.2. The van der Waals surface area contributed by atoms with Crippen molar-refractivity contribution >= 4 is 54.0 Å². The molecule has 0 aliphatic heterocycles. The third kappa shape index (κ3) is 10.3. The second-order valence-corrected chi connectivity index (χ2v) is 7.30. The summed E-state index contributed by atoms with van der Waals surface area (Å²) >= 11 is 5.33. The highest BCUT2D eigenvalue weighted by Crippen LogP contribution is 2.03. The van der Waals surface area contributed by atoms with Gasteiger partial charge in [-0.2, -0.15) is 24.4 Å². The summed E-state index contributed by atoms with van der Waals surface area (Å²) in [5, 5.41) is 24.8. The highest BCUT2D eigenvalue weighted by Gasteiger charge is 2.30. The van der Waals surface area contributed by atoms with E-state index in [0.29, 0.717) is 5.75 Å². The molecule has 0 fully saturated rings. The zero-order valence-electron chi connectivity index (χ0n) is 15.8. The van der Waals surface area contributed by atoms with E-state index in [9.17, 15) is 29.1 Å². The molecule has 166 valence electrons. The van der Waals surface area contributed by atoms with Gasteiger partial charge in [-0.3, -0.25) is 19.2 Å². The summed E-state index contributed by atoms with van der Waals surface area (Å²) in [5.74, 6) is -4.49. The van der Waals surface area contributed by atoms with Crippen molar-refractivity contribution in [3.8, 4) is 0 Å². The molecule has 4 unspecified atom stereocenters. The molecule has 0 aliphatic rings.